The van der Waals surface area contributed by atoms with E-state index in [-0.39, 0.29) is 0 Å². The maximum atomic E-state index is 4.34. The summed E-state index contributed by atoms with van der Waals surface area (Å²) in [5, 5.41) is 4.21. The minimum atomic E-state index is 0.930. The van der Waals surface area contributed by atoms with E-state index in [0.717, 1.165) is 32.6 Å². The summed E-state index contributed by atoms with van der Waals surface area (Å²) in [5.74, 6) is 0. The van der Waals surface area contributed by atoms with Crippen molar-refractivity contribution < 1.29 is 0 Å². The molecule has 0 radical (unpaired) electrons. The smallest absolute Gasteiger partial charge is 0.115 e. The molecule has 0 spiro atoms. The van der Waals surface area contributed by atoms with Crippen LogP contribution < -0.4 is 0 Å². The molecule has 0 aliphatic carbocycles. The molecular weight excluding hydrogens is 214 g/mol. The third-order valence-corrected chi connectivity index (χ3v) is 3.16. The molecule has 0 amide bonds. The number of rotatable bonds is 3. The third kappa shape index (κ3) is 2.34. The van der Waals surface area contributed by atoms with E-state index < -0.39 is 0 Å². The fourth-order valence-corrected chi connectivity index (χ4v) is 2.17. The highest BCUT2D eigenvalue weighted by atomic mass is 15.3. The molecule has 2 aromatic heterocycles. The van der Waals surface area contributed by atoms with E-state index in [9.17, 15) is 0 Å². The fraction of sp³-hybridized carbons (Fsp3) is 0.417. The zero-order valence-electron chi connectivity index (χ0n) is 9.66. The van der Waals surface area contributed by atoms with Crippen molar-refractivity contribution in [3.8, 4) is 0 Å². The van der Waals surface area contributed by atoms with E-state index in [4.69, 9.17) is 0 Å². The second-order valence-corrected chi connectivity index (χ2v) is 4.29. The first-order valence-electron chi connectivity index (χ1n) is 5.89. The van der Waals surface area contributed by atoms with Crippen LogP contribution in [0.1, 0.15) is 11.3 Å². The predicted molar refractivity (Wildman–Crippen MR) is 63.2 cm³/mol. The molecule has 1 aliphatic heterocycles. The molecule has 0 unspecified atom stereocenters. The molecule has 3 rings (SSSR count). The molecule has 0 aromatic carbocycles. The molecule has 0 N–H and O–H groups in total. The topological polar surface area (TPSA) is 46.8 Å². The van der Waals surface area contributed by atoms with Crippen LogP contribution >= 0.6 is 0 Å². The van der Waals surface area contributed by atoms with Crippen LogP contribution in [-0.2, 0) is 19.5 Å². The highest BCUT2D eigenvalue weighted by Gasteiger charge is 2.16. The lowest BCUT2D eigenvalue weighted by Crippen LogP contribution is -2.33. The number of nitrogens with zero attached hydrogens (tertiary/aromatic N) is 5. The maximum Gasteiger partial charge on any atom is 0.115 e. The Morgan fingerprint density at radius 3 is 3.18 bits per heavy atom. The summed E-state index contributed by atoms with van der Waals surface area (Å²) in [7, 11) is 0. The van der Waals surface area contributed by atoms with Crippen LogP contribution in [0.15, 0.2) is 31.0 Å². The zero-order valence-corrected chi connectivity index (χ0v) is 9.66. The quantitative estimate of drug-likeness (QED) is 0.778. The second kappa shape index (κ2) is 4.63. The van der Waals surface area contributed by atoms with Crippen LogP contribution in [0, 0.1) is 0 Å². The Bertz CT molecular complexity index is 479. The highest BCUT2D eigenvalue weighted by molar-refractivity contribution is 5.18. The predicted octanol–water partition coefficient (Wildman–Crippen LogP) is 0.731. The van der Waals surface area contributed by atoms with Crippen molar-refractivity contribution in [2.45, 2.75) is 19.5 Å². The van der Waals surface area contributed by atoms with Crippen LogP contribution in [0.25, 0.3) is 0 Å². The lowest BCUT2D eigenvalue weighted by Gasteiger charge is -2.27. The fourth-order valence-electron chi connectivity index (χ4n) is 2.17. The van der Waals surface area contributed by atoms with Gasteiger partial charge in [0.05, 0.1) is 12.2 Å². The van der Waals surface area contributed by atoms with E-state index in [1.165, 1.54) is 11.3 Å². The molecule has 0 saturated heterocycles. The summed E-state index contributed by atoms with van der Waals surface area (Å²) in [4.78, 5) is 10.8. The van der Waals surface area contributed by atoms with Crippen molar-refractivity contribution in [2.24, 2.45) is 0 Å². The van der Waals surface area contributed by atoms with Gasteiger partial charge in [-0.1, -0.05) is 0 Å². The zero-order chi connectivity index (χ0) is 11.5. The summed E-state index contributed by atoms with van der Waals surface area (Å²) < 4.78 is 1.97. The minimum Gasteiger partial charge on any atom is -0.295 e. The molecule has 5 heteroatoms. The van der Waals surface area contributed by atoms with Gasteiger partial charge in [-0.2, -0.15) is 5.10 Å². The van der Waals surface area contributed by atoms with Crippen molar-refractivity contribution in [1.82, 2.24) is 24.6 Å². The first kappa shape index (κ1) is 10.4. The molecule has 0 saturated carbocycles. The Balaban J connectivity index is 1.61. The molecule has 88 valence electrons. The van der Waals surface area contributed by atoms with Crippen LogP contribution in [0.5, 0.6) is 0 Å². The van der Waals surface area contributed by atoms with Crippen molar-refractivity contribution in [1.29, 1.82) is 0 Å². The van der Waals surface area contributed by atoms with E-state index >= 15 is 0 Å². The Labute approximate surface area is 100 Å². The second-order valence-electron chi connectivity index (χ2n) is 4.29. The van der Waals surface area contributed by atoms with Crippen molar-refractivity contribution in [3.05, 3.63) is 42.2 Å². The Hall–Kier alpha value is -1.75. The van der Waals surface area contributed by atoms with Crippen molar-refractivity contribution in [3.63, 3.8) is 0 Å². The normalized spacial score (nSPS) is 15.8. The summed E-state index contributed by atoms with van der Waals surface area (Å²) in [6, 6.07) is 1.96. The molecule has 0 bridgehead atoms. The maximum absolute atomic E-state index is 4.34. The van der Waals surface area contributed by atoms with E-state index in [1.807, 2.05) is 29.3 Å². The van der Waals surface area contributed by atoms with Gasteiger partial charge >= 0.3 is 0 Å². The minimum absolute atomic E-state index is 0.930. The first-order chi connectivity index (χ1) is 8.42. The summed E-state index contributed by atoms with van der Waals surface area (Å²) in [6.45, 7) is 3.97. The van der Waals surface area contributed by atoms with Gasteiger partial charge in [0.15, 0.2) is 0 Å². The number of fused-ring (bicyclic) bond motifs is 1. The molecule has 17 heavy (non-hydrogen) atoms. The van der Waals surface area contributed by atoms with Gasteiger partial charge in [0.2, 0.25) is 0 Å². The number of aromatic nitrogens is 4. The SMILES string of the molecule is c1cnn(CCN2CCc3cncnc3C2)c1. The van der Waals surface area contributed by atoms with Gasteiger partial charge in [-0.15, -0.1) is 0 Å². The van der Waals surface area contributed by atoms with Gasteiger partial charge in [-0.3, -0.25) is 9.58 Å². The molecule has 1 aliphatic rings. The van der Waals surface area contributed by atoms with Crippen LogP contribution in [-0.4, -0.2) is 37.7 Å². The van der Waals surface area contributed by atoms with Gasteiger partial charge < -0.3 is 0 Å². The standard InChI is InChI=1S/C12H15N5/c1-3-15-17(4-1)7-6-16-5-2-11-8-13-10-14-12(11)9-16/h1,3-4,8,10H,2,5-7,9H2. The molecule has 0 atom stereocenters. The molecule has 2 aromatic rings. The number of hydrogen-bond donors (Lipinski definition) is 0. The Morgan fingerprint density at radius 2 is 2.29 bits per heavy atom. The van der Waals surface area contributed by atoms with E-state index in [0.29, 0.717) is 0 Å². The summed E-state index contributed by atoms with van der Waals surface area (Å²) >= 11 is 0. The van der Waals surface area contributed by atoms with Crippen LogP contribution in [0.4, 0.5) is 0 Å². The van der Waals surface area contributed by atoms with Gasteiger partial charge in [-0.25, -0.2) is 9.97 Å². The van der Waals surface area contributed by atoms with E-state index in [1.54, 1.807) is 6.33 Å². The van der Waals surface area contributed by atoms with Crippen molar-refractivity contribution >= 4 is 0 Å². The average molecular weight is 229 g/mol. The Morgan fingerprint density at radius 1 is 1.29 bits per heavy atom. The lowest BCUT2D eigenvalue weighted by molar-refractivity contribution is 0.236. The van der Waals surface area contributed by atoms with Crippen LogP contribution in [0.2, 0.25) is 0 Å². The van der Waals surface area contributed by atoms with Gasteiger partial charge in [0.25, 0.3) is 0 Å². The van der Waals surface area contributed by atoms with Gasteiger partial charge in [0.1, 0.15) is 6.33 Å². The summed E-state index contributed by atoms with van der Waals surface area (Å²) in [5.41, 5.74) is 2.47. The molecule has 3 heterocycles. The van der Waals surface area contributed by atoms with Crippen LogP contribution in [0.3, 0.4) is 0 Å². The van der Waals surface area contributed by atoms with Gasteiger partial charge in [0, 0.05) is 38.2 Å². The average Bonchev–Trinajstić information content (AvgIpc) is 2.89. The third-order valence-electron chi connectivity index (χ3n) is 3.16. The Kier molecular flexibility index (Phi) is 2.83. The molecule has 0 fully saturated rings. The lowest BCUT2D eigenvalue weighted by atomic mass is 10.1. The first-order valence-corrected chi connectivity index (χ1v) is 5.89. The molecular formula is C12H15N5. The molecule has 5 nitrogen and oxygen atoms in total. The summed E-state index contributed by atoms with van der Waals surface area (Å²) in [6.07, 6.45) is 8.44. The highest BCUT2D eigenvalue weighted by Crippen LogP contribution is 2.14. The van der Waals surface area contributed by atoms with E-state index in [2.05, 4.69) is 20.0 Å². The number of hydrogen-bond acceptors (Lipinski definition) is 4. The largest absolute Gasteiger partial charge is 0.295 e. The van der Waals surface area contributed by atoms with Crippen molar-refractivity contribution in [2.75, 3.05) is 13.1 Å². The monoisotopic (exact) mass is 229 g/mol. The van der Waals surface area contributed by atoms with Gasteiger partial charge in [-0.05, 0) is 18.1 Å².